The molecular formula is C18H26O8. The monoisotopic (exact) mass is 370 g/mol. The average Bonchev–Trinajstić information content (AvgIpc) is 2.54. The summed E-state index contributed by atoms with van der Waals surface area (Å²) < 4.78 is 21.2. The van der Waals surface area contributed by atoms with E-state index in [0.717, 1.165) is 6.42 Å². The number of hydrogen-bond acceptors (Lipinski definition) is 8. The molecule has 0 aliphatic carbocycles. The molecule has 0 radical (unpaired) electrons. The van der Waals surface area contributed by atoms with E-state index in [1.165, 1.54) is 26.8 Å². The fourth-order valence-electron chi connectivity index (χ4n) is 2.74. The SMILES string of the molecule is CCCC[C@H](OC(C)=O)[C@@H](OC(C)=O)[C@H](OC(C)=O)[C@H]1CC=CC(=O)O1. The van der Waals surface area contributed by atoms with Gasteiger partial charge in [0.15, 0.2) is 12.2 Å². The van der Waals surface area contributed by atoms with Crippen LogP contribution in [0.25, 0.3) is 0 Å². The lowest BCUT2D eigenvalue weighted by Gasteiger charge is -2.36. The number of carbonyl (C=O) groups excluding carboxylic acids is 4. The van der Waals surface area contributed by atoms with Crippen LogP contribution in [0.5, 0.6) is 0 Å². The standard InChI is InChI=1S/C18H26O8/c1-5-6-8-14(23-11(2)19)17(24-12(3)20)18(25-13(4)21)15-9-7-10-16(22)26-15/h7,10,14-15,17-18H,5-6,8-9H2,1-4H3/t14-,15+,17+,18+/m0/s1. The molecule has 8 heteroatoms. The topological polar surface area (TPSA) is 105 Å². The van der Waals surface area contributed by atoms with Crippen molar-refractivity contribution in [1.82, 2.24) is 0 Å². The van der Waals surface area contributed by atoms with Gasteiger partial charge in [0.05, 0.1) is 0 Å². The molecule has 0 aromatic rings. The van der Waals surface area contributed by atoms with Gasteiger partial charge in [-0.3, -0.25) is 14.4 Å². The number of ether oxygens (including phenoxy) is 4. The van der Waals surface area contributed by atoms with Gasteiger partial charge in [-0.1, -0.05) is 19.4 Å². The molecule has 4 atom stereocenters. The number of rotatable bonds is 9. The van der Waals surface area contributed by atoms with Crippen LogP contribution in [0.15, 0.2) is 12.2 Å². The number of unbranched alkanes of at least 4 members (excludes halogenated alkanes) is 1. The molecule has 0 N–H and O–H groups in total. The summed E-state index contributed by atoms with van der Waals surface area (Å²) in [5, 5.41) is 0. The van der Waals surface area contributed by atoms with Crippen molar-refractivity contribution in [2.24, 2.45) is 0 Å². The van der Waals surface area contributed by atoms with Crippen molar-refractivity contribution in [2.45, 2.75) is 77.8 Å². The normalized spacial score (nSPS) is 19.7. The predicted octanol–water partition coefficient (Wildman–Crippen LogP) is 1.84. The fraction of sp³-hybridized carbons (Fsp3) is 0.667. The molecule has 0 aromatic carbocycles. The first-order valence-corrected chi connectivity index (χ1v) is 8.63. The summed E-state index contributed by atoms with van der Waals surface area (Å²) in [5.74, 6) is -2.39. The molecule has 1 rings (SSSR count). The van der Waals surface area contributed by atoms with Crippen LogP contribution in [-0.2, 0) is 38.1 Å². The third-order valence-corrected chi connectivity index (χ3v) is 3.71. The van der Waals surface area contributed by atoms with Crippen LogP contribution in [0.2, 0.25) is 0 Å². The Morgan fingerprint density at radius 1 is 1.12 bits per heavy atom. The molecule has 1 heterocycles. The third kappa shape index (κ3) is 7.25. The van der Waals surface area contributed by atoms with Gasteiger partial charge in [0.2, 0.25) is 0 Å². The summed E-state index contributed by atoms with van der Waals surface area (Å²) in [6.45, 7) is 5.61. The number of esters is 4. The number of cyclic esters (lactones) is 1. The van der Waals surface area contributed by atoms with Crippen LogP contribution in [0.3, 0.4) is 0 Å². The van der Waals surface area contributed by atoms with Crippen molar-refractivity contribution in [3.8, 4) is 0 Å². The number of hydrogen-bond donors (Lipinski definition) is 0. The molecule has 26 heavy (non-hydrogen) atoms. The van der Waals surface area contributed by atoms with Crippen molar-refractivity contribution >= 4 is 23.9 Å². The second kappa shape index (κ2) is 10.6. The molecule has 0 amide bonds. The third-order valence-electron chi connectivity index (χ3n) is 3.71. The minimum atomic E-state index is -1.09. The summed E-state index contributed by atoms with van der Waals surface area (Å²) in [4.78, 5) is 46.3. The van der Waals surface area contributed by atoms with E-state index in [1.54, 1.807) is 6.08 Å². The van der Waals surface area contributed by atoms with Crippen molar-refractivity contribution < 1.29 is 38.1 Å². The minimum Gasteiger partial charge on any atom is -0.458 e. The molecule has 0 saturated heterocycles. The van der Waals surface area contributed by atoms with Crippen LogP contribution in [0, 0.1) is 0 Å². The minimum absolute atomic E-state index is 0.280. The van der Waals surface area contributed by atoms with E-state index < -0.39 is 48.3 Å². The smallest absolute Gasteiger partial charge is 0.330 e. The zero-order valence-electron chi connectivity index (χ0n) is 15.6. The first-order chi connectivity index (χ1) is 12.2. The van der Waals surface area contributed by atoms with E-state index in [0.29, 0.717) is 12.8 Å². The highest BCUT2D eigenvalue weighted by Gasteiger charge is 2.43. The largest absolute Gasteiger partial charge is 0.458 e. The predicted molar refractivity (Wildman–Crippen MR) is 89.8 cm³/mol. The molecule has 1 aliphatic heterocycles. The van der Waals surface area contributed by atoms with Gasteiger partial charge in [-0.2, -0.15) is 0 Å². The van der Waals surface area contributed by atoms with E-state index in [9.17, 15) is 19.2 Å². The van der Waals surface area contributed by atoms with Crippen LogP contribution < -0.4 is 0 Å². The van der Waals surface area contributed by atoms with Crippen molar-refractivity contribution in [3.63, 3.8) is 0 Å². The molecule has 0 spiro atoms. The highest BCUT2D eigenvalue weighted by Crippen LogP contribution is 2.25. The maximum atomic E-state index is 11.6. The van der Waals surface area contributed by atoms with Gasteiger partial charge in [0.1, 0.15) is 12.2 Å². The van der Waals surface area contributed by atoms with Gasteiger partial charge < -0.3 is 18.9 Å². The molecule has 0 aromatic heterocycles. The van der Waals surface area contributed by atoms with Crippen LogP contribution in [-0.4, -0.2) is 48.3 Å². The zero-order chi connectivity index (χ0) is 19.7. The Morgan fingerprint density at radius 2 is 1.73 bits per heavy atom. The molecule has 1 aliphatic rings. The molecule has 0 bridgehead atoms. The molecule has 0 unspecified atom stereocenters. The van der Waals surface area contributed by atoms with Gasteiger partial charge in [-0.15, -0.1) is 0 Å². The van der Waals surface area contributed by atoms with E-state index >= 15 is 0 Å². The first kappa shape index (κ1) is 21.7. The van der Waals surface area contributed by atoms with E-state index in [4.69, 9.17) is 18.9 Å². The lowest BCUT2D eigenvalue weighted by molar-refractivity contribution is -0.198. The molecular weight excluding hydrogens is 344 g/mol. The Balaban J connectivity index is 3.18. The maximum absolute atomic E-state index is 11.6. The maximum Gasteiger partial charge on any atom is 0.330 e. The van der Waals surface area contributed by atoms with Gasteiger partial charge in [-0.25, -0.2) is 4.79 Å². The summed E-state index contributed by atoms with van der Waals surface area (Å²) >= 11 is 0. The van der Waals surface area contributed by atoms with Crippen molar-refractivity contribution in [3.05, 3.63) is 12.2 Å². The highest BCUT2D eigenvalue weighted by molar-refractivity contribution is 5.82. The Kier molecular flexibility index (Phi) is 8.81. The zero-order valence-corrected chi connectivity index (χ0v) is 15.6. The lowest BCUT2D eigenvalue weighted by Crippen LogP contribution is -2.51. The quantitative estimate of drug-likeness (QED) is 0.447. The van der Waals surface area contributed by atoms with Crippen molar-refractivity contribution in [2.75, 3.05) is 0 Å². The Bertz CT molecular complexity index is 553. The van der Waals surface area contributed by atoms with Gasteiger partial charge in [0.25, 0.3) is 0 Å². The molecule has 146 valence electrons. The Morgan fingerprint density at radius 3 is 2.23 bits per heavy atom. The van der Waals surface area contributed by atoms with Gasteiger partial charge >= 0.3 is 23.9 Å². The Hall–Kier alpha value is -2.38. The van der Waals surface area contributed by atoms with E-state index in [1.807, 2.05) is 6.92 Å². The summed E-state index contributed by atoms with van der Waals surface area (Å²) in [5.41, 5.74) is 0. The summed E-state index contributed by atoms with van der Waals surface area (Å²) in [7, 11) is 0. The van der Waals surface area contributed by atoms with Gasteiger partial charge in [-0.05, 0) is 12.8 Å². The van der Waals surface area contributed by atoms with Crippen molar-refractivity contribution in [1.29, 1.82) is 0 Å². The highest BCUT2D eigenvalue weighted by atomic mass is 16.6. The second-order valence-corrected chi connectivity index (χ2v) is 6.05. The fourth-order valence-corrected chi connectivity index (χ4v) is 2.74. The van der Waals surface area contributed by atoms with Crippen LogP contribution in [0.1, 0.15) is 53.4 Å². The lowest BCUT2D eigenvalue weighted by atomic mass is 9.95. The molecule has 0 fully saturated rings. The Labute approximate surface area is 152 Å². The first-order valence-electron chi connectivity index (χ1n) is 8.63. The average molecular weight is 370 g/mol. The summed E-state index contributed by atoms with van der Waals surface area (Å²) in [6, 6.07) is 0. The van der Waals surface area contributed by atoms with E-state index in [-0.39, 0.29) is 6.42 Å². The summed E-state index contributed by atoms with van der Waals surface area (Å²) in [6.07, 6.45) is 1.21. The van der Waals surface area contributed by atoms with Gasteiger partial charge in [0, 0.05) is 33.3 Å². The van der Waals surface area contributed by atoms with Crippen LogP contribution in [0.4, 0.5) is 0 Å². The molecule has 8 nitrogen and oxygen atoms in total. The van der Waals surface area contributed by atoms with E-state index in [2.05, 4.69) is 0 Å². The number of carbonyl (C=O) groups is 4. The second-order valence-electron chi connectivity index (χ2n) is 6.05. The van der Waals surface area contributed by atoms with Crippen LogP contribution >= 0.6 is 0 Å². The molecule has 0 saturated carbocycles.